The fourth-order valence-electron chi connectivity index (χ4n) is 4.10. The molecule has 4 heterocycles. The second-order valence-electron chi connectivity index (χ2n) is 10.1. The van der Waals surface area contributed by atoms with Gasteiger partial charge in [-0.3, -0.25) is 19.3 Å². The number of nitrogens with zero attached hydrogens (tertiary/aromatic N) is 4. The number of aromatic nitrogens is 2. The van der Waals surface area contributed by atoms with Crippen molar-refractivity contribution < 1.29 is 43.2 Å². The van der Waals surface area contributed by atoms with Gasteiger partial charge in [0.05, 0.1) is 0 Å². The number of esters is 1. The largest absolute Gasteiger partial charge is 0.477 e. The number of thioether (sulfide) groups is 1. The zero-order valence-electron chi connectivity index (χ0n) is 23.4. The zero-order chi connectivity index (χ0) is 31.1. The van der Waals surface area contributed by atoms with Crippen molar-refractivity contribution in [3.8, 4) is 0 Å². The van der Waals surface area contributed by atoms with Gasteiger partial charge in [0.2, 0.25) is 6.41 Å². The van der Waals surface area contributed by atoms with E-state index in [1.54, 1.807) is 33.2 Å². The molecule has 2 aromatic heterocycles. The Balaban J connectivity index is 1.48. The smallest absolute Gasteiger partial charge is 0.352 e. The van der Waals surface area contributed by atoms with Crippen LogP contribution in [0.5, 0.6) is 0 Å². The number of rotatable bonds is 12. The SMILES string of the molecule is CC(C)(C)OC(=O)C=CCON=C(C(=O)NC1C(=O)N2C(C(=O)O)=C(C[n+]3ccccc3)CS[C@H]12)c1csc(NC=O)n1. The third-order valence-electron chi connectivity index (χ3n) is 5.82. The lowest BCUT2D eigenvalue weighted by molar-refractivity contribution is -0.689. The number of anilines is 1. The Labute approximate surface area is 254 Å². The average molecular weight is 630 g/mol. The number of pyridine rings is 1. The van der Waals surface area contributed by atoms with Crippen LogP contribution in [0.2, 0.25) is 0 Å². The van der Waals surface area contributed by atoms with E-state index in [0.717, 1.165) is 17.4 Å². The number of fused-ring (bicyclic) bond motifs is 1. The predicted octanol–water partition coefficient (Wildman–Crippen LogP) is 1.06. The third kappa shape index (κ3) is 7.84. The van der Waals surface area contributed by atoms with Crippen molar-refractivity contribution in [2.45, 2.75) is 44.3 Å². The number of carbonyl (C=O) groups is 5. The van der Waals surface area contributed by atoms with Crippen LogP contribution in [0.4, 0.5) is 5.13 Å². The Morgan fingerprint density at radius 3 is 2.67 bits per heavy atom. The summed E-state index contributed by atoms with van der Waals surface area (Å²) in [6.07, 6.45) is 6.54. The maximum atomic E-state index is 13.3. The monoisotopic (exact) mass is 629 g/mol. The first kappa shape index (κ1) is 31.4. The number of amides is 3. The fourth-order valence-corrected chi connectivity index (χ4v) is 6.09. The van der Waals surface area contributed by atoms with Gasteiger partial charge in [-0.15, -0.1) is 23.1 Å². The van der Waals surface area contributed by atoms with E-state index in [4.69, 9.17) is 9.57 Å². The van der Waals surface area contributed by atoms with E-state index in [1.807, 2.05) is 22.8 Å². The first-order valence-electron chi connectivity index (χ1n) is 12.9. The molecule has 1 saturated heterocycles. The minimum absolute atomic E-state index is 0.0659. The number of carboxylic acid groups (broad SMARTS) is 1. The van der Waals surface area contributed by atoms with Crippen LogP contribution >= 0.6 is 23.1 Å². The molecule has 3 amide bonds. The molecule has 14 nitrogen and oxygen atoms in total. The van der Waals surface area contributed by atoms with E-state index in [9.17, 15) is 29.1 Å². The minimum Gasteiger partial charge on any atom is -0.477 e. The van der Waals surface area contributed by atoms with Crippen LogP contribution < -0.4 is 15.2 Å². The predicted molar refractivity (Wildman–Crippen MR) is 156 cm³/mol. The van der Waals surface area contributed by atoms with E-state index < -0.39 is 40.8 Å². The summed E-state index contributed by atoms with van der Waals surface area (Å²) in [6.45, 7) is 5.28. The molecule has 0 aromatic carbocycles. The number of hydrogen-bond acceptors (Lipinski definition) is 11. The number of carboxylic acids is 1. The summed E-state index contributed by atoms with van der Waals surface area (Å²) in [4.78, 5) is 71.9. The quantitative estimate of drug-likeness (QED) is 0.0449. The number of nitrogens with one attached hydrogen (secondary N) is 2. The molecule has 1 fully saturated rings. The van der Waals surface area contributed by atoms with Gasteiger partial charge in [0.25, 0.3) is 11.8 Å². The summed E-state index contributed by atoms with van der Waals surface area (Å²) in [6, 6.07) is 4.46. The van der Waals surface area contributed by atoms with Crippen molar-refractivity contribution in [2.75, 3.05) is 17.7 Å². The van der Waals surface area contributed by atoms with Crippen molar-refractivity contribution in [1.29, 1.82) is 0 Å². The van der Waals surface area contributed by atoms with Gasteiger partial charge in [-0.2, -0.15) is 0 Å². The van der Waals surface area contributed by atoms with Gasteiger partial charge in [0.1, 0.15) is 35.0 Å². The van der Waals surface area contributed by atoms with Gasteiger partial charge >= 0.3 is 11.9 Å². The summed E-state index contributed by atoms with van der Waals surface area (Å²) < 4.78 is 6.98. The van der Waals surface area contributed by atoms with Crippen LogP contribution in [0.15, 0.2) is 64.6 Å². The molecule has 0 radical (unpaired) electrons. The van der Waals surface area contributed by atoms with Crippen molar-refractivity contribution in [3.05, 3.63) is 65.1 Å². The Kier molecular flexibility index (Phi) is 9.92. The van der Waals surface area contributed by atoms with Gasteiger partial charge in [-0.25, -0.2) is 19.1 Å². The van der Waals surface area contributed by atoms with Gasteiger partial charge in [-0.1, -0.05) is 11.2 Å². The topological polar surface area (TPSA) is 180 Å². The molecule has 43 heavy (non-hydrogen) atoms. The van der Waals surface area contributed by atoms with E-state index in [-0.39, 0.29) is 28.8 Å². The van der Waals surface area contributed by atoms with Gasteiger partial charge in [-0.05, 0) is 26.8 Å². The number of β-lactam (4-membered cyclic amide) rings is 1. The molecule has 226 valence electrons. The number of carbonyl (C=O) groups excluding carboxylic acids is 4. The maximum Gasteiger partial charge on any atom is 0.352 e. The average Bonchev–Trinajstić information content (AvgIpc) is 3.41. The molecule has 2 atom stereocenters. The summed E-state index contributed by atoms with van der Waals surface area (Å²) in [5.74, 6) is -2.86. The highest BCUT2D eigenvalue weighted by Gasteiger charge is 2.54. The van der Waals surface area contributed by atoms with E-state index >= 15 is 0 Å². The first-order chi connectivity index (χ1) is 20.5. The molecular weight excluding hydrogens is 600 g/mol. The van der Waals surface area contributed by atoms with Crippen LogP contribution in [0.1, 0.15) is 26.5 Å². The Morgan fingerprint density at radius 1 is 1.26 bits per heavy atom. The molecular formula is C27H29N6O8S2+. The number of ether oxygens (including phenoxy) is 1. The van der Waals surface area contributed by atoms with Crippen molar-refractivity contribution >= 4 is 64.1 Å². The molecule has 2 aromatic rings. The molecule has 1 unspecified atom stereocenters. The zero-order valence-corrected chi connectivity index (χ0v) is 25.0. The fraction of sp³-hybridized carbons (Fsp3) is 0.333. The van der Waals surface area contributed by atoms with E-state index in [1.165, 1.54) is 28.1 Å². The van der Waals surface area contributed by atoms with Crippen LogP contribution in [0.25, 0.3) is 0 Å². The lowest BCUT2D eigenvalue weighted by Crippen LogP contribution is -2.71. The van der Waals surface area contributed by atoms with Crippen molar-refractivity contribution in [2.24, 2.45) is 5.16 Å². The number of aliphatic carboxylic acids is 1. The first-order valence-corrected chi connectivity index (χ1v) is 14.8. The summed E-state index contributed by atoms with van der Waals surface area (Å²) >= 11 is 2.37. The highest BCUT2D eigenvalue weighted by molar-refractivity contribution is 8.00. The maximum absolute atomic E-state index is 13.3. The van der Waals surface area contributed by atoms with Gasteiger partial charge in [0, 0.05) is 34.9 Å². The number of hydrogen-bond donors (Lipinski definition) is 3. The number of oxime groups is 1. The lowest BCUT2D eigenvalue weighted by atomic mass is 10.0. The van der Waals surface area contributed by atoms with E-state index in [2.05, 4.69) is 20.8 Å². The Morgan fingerprint density at radius 2 is 2.00 bits per heavy atom. The lowest BCUT2D eigenvalue weighted by Gasteiger charge is -2.49. The molecule has 2 aliphatic rings. The van der Waals surface area contributed by atoms with Crippen molar-refractivity contribution in [1.82, 2.24) is 15.2 Å². The number of thiazole rings is 1. The van der Waals surface area contributed by atoms with Gasteiger partial charge < -0.3 is 25.3 Å². The Hall–Kier alpha value is -4.57. The van der Waals surface area contributed by atoms with Gasteiger partial charge in [0.15, 0.2) is 29.8 Å². The van der Waals surface area contributed by atoms with Crippen LogP contribution in [-0.4, -0.2) is 80.2 Å². The van der Waals surface area contributed by atoms with Crippen molar-refractivity contribution in [3.63, 3.8) is 0 Å². The minimum atomic E-state index is -1.23. The normalized spacial score (nSPS) is 18.5. The molecule has 4 rings (SSSR count). The molecule has 3 N–H and O–H groups in total. The molecule has 0 spiro atoms. The highest BCUT2D eigenvalue weighted by Crippen LogP contribution is 2.40. The summed E-state index contributed by atoms with van der Waals surface area (Å²) in [7, 11) is 0. The molecule has 0 bridgehead atoms. The summed E-state index contributed by atoms with van der Waals surface area (Å²) in [5.41, 5.74) is -0.429. The van der Waals surface area contributed by atoms with E-state index in [0.29, 0.717) is 24.3 Å². The van der Waals surface area contributed by atoms with Crippen LogP contribution in [0, 0.1) is 0 Å². The Bertz CT molecular complexity index is 1500. The molecule has 0 aliphatic carbocycles. The molecule has 0 saturated carbocycles. The van der Waals surface area contributed by atoms with Crippen LogP contribution in [-0.2, 0) is 40.1 Å². The third-order valence-corrected chi connectivity index (χ3v) is 7.93. The molecule has 2 aliphatic heterocycles. The highest BCUT2D eigenvalue weighted by atomic mass is 32.2. The summed E-state index contributed by atoms with van der Waals surface area (Å²) in [5, 5.41) is 19.8. The van der Waals surface area contributed by atoms with Crippen LogP contribution in [0.3, 0.4) is 0 Å². The second-order valence-corrected chi connectivity index (χ2v) is 12.1. The second kappa shape index (κ2) is 13.6. The molecule has 16 heteroatoms. The standard InChI is InChI=1S/C27H28N6O8S2/c1-27(2,3)41-18(35)8-7-11-40-31-19(17-14-43-26(29-17)28-15-34)22(36)30-20-23(37)33-21(25(38)39)16(13-42-24(20)33)12-32-9-5-4-6-10-32/h4-10,14-15,20,24H,11-13H2,1-3H3,(H2-,28,29,30,34,36,38,39)/p+1/t20?,24-/m1/s1.